The molecule has 2 aromatic heterocycles. The van der Waals surface area contributed by atoms with Crippen molar-refractivity contribution in [2.75, 3.05) is 19.8 Å². The van der Waals surface area contributed by atoms with E-state index in [9.17, 15) is 4.79 Å². The van der Waals surface area contributed by atoms with Crippen LogP contribution >= 0.6 is 11.6 Å². The molecule has 0 spiro atoms. The highest BCUT2D eigenvalue weighted by molar-refractivity contribution is 6.30. The fourth-order valence-corrected chi connectivity index (χ4v) is 4.89. The van der Waals surface area contributed by atoms with Crippen LogP contribution in [0.4, 0.5) is 0 Å². The summed E-state index contributed by atoms with van der Waals surface area (Å²) in [5.41, 5.74) is 10.7. The maximum atomic E-state index is 13.5. The van der Waals surface area contributed by atoms with Crippen LogP contribution in [0.5, 0.6) is 11.5 Å². The number of aromatic nitrogens is 3. The minimum absolute atomic E-state index is 0.272. The molecule has 0 fully saturated rings. The topological polar surface area (TPSA) is 132 Å². The van der Waals surface area contributed by atoms with Crippen molar-refractivity contribution < 1.29 is 19.4 Å². The number of halogens is 1. The standard InChI is InChI=1S/C27H23ClN4O3.C2H4O2/c28-17-8-6-16(7-9-17)25-22(18-4-1-2-5-20(18)32(25)13-3-12-29)24-27(33)30-19-10-11-21-26(23(19)31-24)35-15-14-34-21;1-2(3)4/h1-2,4-11H,3,12-15,29H2,(H,30,33);1H3,(H,3,4). The van der Waals surface area contributed by atoms with Gasteiger partial charge in [0.1, 0.15) is 24.4 Å². The highest BCUT2D eigenvalue weighted by Gasteiger charge is 2.25. The first-order valence-electron chi connectivity index (χ1n) is 12.5. The van der Waals surface area contributed by atoms with E-state index in [0.29, 0.717) is 59.6 Å². The van der Waals surface area contributed by atoms with Crippen LogP contribution in [0.2, 0.25) is 5.02 Å². The van der Waals surface area contributed by atoms with Crippen molar-refractivity contribution in [3.8, 4) is 34.0 Å². The number of nitrogens with one attached hydrogen (secondary N) is 1. The lowest BCUT2D eigenvalue weighted by atomic mass is 10.0. The monoisotopic (exact) mass is 546 g/mol. The van der Waals surface area contributed by atoms with Crippen LogP contribution in [-0.2, 0) is 11.3 Å². The number of nitrogens with two attached hydrogens (primary N) is 1. The average molecular weight is 547 g/mol. The van der Waals surface area contributed by atoms with Gasteiger partial charge in [-0.05, 0) is 48.9 Å². The SMILES string of the molecule is CC(=O)O.NCCCn1c(-c2ccc(Cl)cc2)c(-c2nc3c4c(ccc3[nH]c2=O)OCCO4)c2ccccc21. The Kier molecular flexibility index (Phi) is 7.53. The van der Waals surface area contributed by atoms with Crippen LogP contribution in [0, 0.1) is 0 Å². The number of carbonyl (C=O) groups is 1. The molecule has 4 N–H and O–H groups in total. The molecule has 0 aliphatic carbocycles. The quantitative estimate of drug-likeness (QED) is 0.280. The molecule has 3 heterocycles. The Bertz CT molecular complexity index is 1720. The molecule has 9 nitrogen and oxygen atoms in total. The maximum Gasteiger partial charge on any atom is 0.300 e. The van der Waals surface area contributed by atoms with Gasteiger partial charge in [0.15, 0.2) is 11.5 Å². The number of hydrogen-bond acceptors (Lipinski definition) is 6. The number of aryl methyl sites for hydroxylation is 1. The minimum atomic E-state index is -0.833. The van der Waals surface area contributed by atoms with E-state index in [1.54, 1.807) is 12.1 Å². The predicted molar refractivity (Wildman–Crippen MR) is 152 cm³/mol. The lowest BCUT2D eigenvalue weighted by Gasteiger charge is -2.19. The van der Waals surface area contributed by atoms with E-state index in [4.69, 9.17) is 41.7 Å². The van der Waals surface area contributed by atoms with E-state index in [2.05, 4.69) is 15.6 Å². The highest BCUT2D eigenvalue weighted by atomic mass is 35.5. The summed E-state index contributed by atoms with van der Waals surface area (Å²) in [4.78, 5) is 30.4. The van der Waals surface area contributed by atoms with E-state index in [-0.39, 0.29) is 5.56 Å². The molecule has 0 amide bonds. The first kappa shape index (κ1) is 26.3. The second kappa shape index (κ2) is 11.2. The predicted octanol–water partition coefficient (Wildman–Crippen LogP) is 5.08. The van der Waals surface area contributed by atoms with Crippen LogP contribution in [0.1, 0.15) is 13.3 Å². The summed E-state index contributed by atoms with van der Waals surface area (Å²) < 4.78 is 13.9. The number of para-hydroxylation sites is 1. The molecule has 39 heavy (non-hydrogen) atoms. The van der Waals surface area contributed by atoms with Crippen LogP contribution in [-0.4, -0.2) is 45.4 Å². The zero-order valence-electron chi connectivity index (χ0n) is 21.2. The lowest BCUT2D eigenvalue weighted by Crippen LogP contribution is -2.17. The summed E-state index contributed by atoms with van der Waals surface area (Å²) in [7, 11) is 0. The number of fused-ring (bicyclic) bond motifs is 4. The van der Waals surface area contributed by atoms with Crippen molar-refractivity contribution in [2.45, 2.75) is 19.9 Å². The average Bonchev–Trinajstić information content (AvgIpc) is 3.25. The Morgan fingerprint density at radius 1 is 1.10 bits per heavy atom. The second-order valence-electron chi connectivity index (χ2n) is 8.96. The van der Waals surface area contributed by atoms with Crippen LogP contribution in [0.3, 0.4) is 0 Å². The van der Waals surface area contributed by atoms with Crippen LogP contribution in [0.25, 0.3) is 44.5 Å². The number of H-pyrrole nitrogens is 1. The molecular formula is C29H27ClN4O5. The zero-order valence-corrected chi connectivity index (χ0v) is 22.0. The summed E-state index contributed by atoms with van der Waals surface area (Å²) in [6.45, 7) is 3.24. The molecule has 0 saturated heterocycles. The molecule has 5 aromatic rings. The number of hydrogen-bond donors (Lipinski definition) is 3. The third kappa shape index (κ3) is 5.19. The number of aromatic amines is 1. The summed E-state index contributed by atoms with van der Waals surface area (Å²) in [6, 6.07) is 19.3. The highest BCUT2D eigenvalue weighted by Crippen LogP contribution is 2.41. The first-order chi connectivity index (χ1) is 18.9. The molecule has 0 saturated carbocycles. The fourth-order valence-electron chi connectivity index (χ4n) is 4.76. The molecule has 0 unspecified atom stereocenters. The first-order valence-corrected chi connectivity index (χ1v) is 12.9. The van der Waals surface area contributed by atoms with Gasteiger partial charge in [-0.15, -0.1) is 0 Å². The summed E-state index contributed by atoms with van der Waals surface area (Å²) in [6.07, 6.45) is 0.791. The van der Waals surface area contributed by atoms with Gasteiger partial charge in [-0.3, -0.25) is 9.59 Å². The smallest absolute Gasteiger partial charge is 0.300 e. The minimum Gasteiger partial charge on any atom is -0.486 e. The van der Waals surface area contributed by atoms with E-state index in [1.807, 2.05) is 42.5 Å². The normalized spacial score (nSPS) is 12.3. The van der Waals surface area contributed by atoms with Gasteiger partial charge < -0.3 is 29.9 Å². The summed E-state index contributed by atoms with van der Waals surface area (Å²) in [5, 5.41) is 9.00. The molecule has 6 rings (SSSR count). The number of ether oxygens (including phenoxy) is 2. The number of benzene rings is 3. The Morgan fingerprint density at radius 3 is 2.56 bits per heavy atom. The van der Waals surface area contributed by atoms with Gasteiger partial charge in [0.05, 0.1) is 11.2 Å². The van der Waals surface area contributed by atoms with Gasteiger partial charge in [0.25, 0.3) is 11.5 Å². The Labute approximate surface area is 228 Å². The summed E-state index contributed by atoms with van der Waals surface area (Å²) >= 11 is 6.20. The van der Waals surface area contributed by atoms with Crippen molar-refractivity contribution in [1.29, 1.82) is 0 Å². The molecule has 0 bridgehead atoms. The summed E-state index contributed by atoms with van der Waals surface area (Å²) in [5.74, 6) is 0.337. The number of rotatable bonds is 5. The number of carboxylic acids is 1. The van der Waals surface area contributed by atoms with Crippen molar-refractivity contribution in [1.82, 2.24) is 14.5 Å². The Hall–Kier alpha value is -4.34. The van der Waals surface area contributed by atoms with Crippen LogP contribution in [0.15, 0.2) is 65.5 Å². The Balaban J connectivity index is 0.000000723. The van der Waals surface area contributed by atoms with Crippen molar-refractivity contribution in [2.24, 2.45) is 5.73 Å². The van der Waals surface area contributed by atoms with Crippen molar-refractivity contribution >= 4 is 39.5 Å². The molecule has 1 aliphatic rings. The van der Waals surface area contributed by atoms with Crippen molar-refractivity contribution in [3.05, 3.63) is 76.0 Å². The van der Waals surface area contributed by atoms with Gasteiger partial charge in [0, 0.05) is 35.0 Å². The third-order valence-corrected chi connectivity index (χ3v) is 6.53. The largest absolute Gasteiger partial charge is 0.486 e. The molecule has 0 atom stereocenters. The zero-order chi connectivity index (χ0) is 27.5. The lowest BCUT2D eigenvalue weighted by molar-refractivity contribution is -0.134. The van der Waals surface area contributed by atoms with Gasteiger partial charge in [-0.2, -0.15) is 0 Å². The van der Waals surface area contributed by atoms with Gasteiger partial charge in [0.2, 0.25) is 0 Å². The number of carboxylic acid groups (broad SMARTS) is 1. The molecule has 10 heteroatoms. The second-order valence-corrected chi connectivity index (χ2v) is 9.40. The molecule has 1 aliphatic heterocycles. The molecule has 200 valence electrons. The van der Waals surface area contributed by atoms with Crippen LogP contribution < -0.4 is 20.8 Å². The Morgan fingerprint density at radius 2 is 1.82 bits per heavy atom. The maximum absolute atomic E-state index is 13.5. The van der Waals surface area contributed by atoms with Crippen molar-refractivity contribution in [3.63, 3.8) is 0 Å². The number of aliphatic carboxylic acids is 1. The molecule has 0 radical (unpaired) electrons. The third-order valence-electron chi connectivity index (χ3n) is 6.28. The van der Waals surface area contributed by atoms with E-state index >= 15 is 0 Å². The molecule has 3 aromatic carbocycles. The van der Waals surface area contributed by atoms with Gasteiger partial charge in [-0.25, -0.2) is 4.98 Å². The van der Waals surface area contributed by atoms with Gasteiger partial charge in [-0.1, -0.05) is 41.9 Å². The van der Waals surface area contributed by atoms with E-state index < -0.39 is 5.97 Å². The number of nitrogens with zero attached hydrogens (tertiary/aromatic N) is 2. The fraction of sp³-hybridized carbons (Fsp3) is 0.207. The van der Waals surface area contributed by atoms with Gasteiger partial charge >= 0.3 is 0 Å². The van der Waals surface area contributed by atoms with E-state index in [0.717, 1.165) is 41.1 Å². The molecular weight excluding hydrogens is 520 g/mol. The van der Waals surface area contributed by atoms with E-state index in [1.165, 1.54) is 0 Å².